The van der Waals surface area contributed by atoms with E-state index in [9.17, 15) is 18.4 Å². The summed E-state index contributed by atoms with van der Waals surface area (Å²) in [6.45, 7) is 1.26. The highest BCUT2D eigenvalue weighted by atomic mass is 32.2. The van der Waals surface area contributed by atoms with E-state index in [-0.39, 0.29) is 29.1 Å². The van der Waals surface area contributed by atoms with E-state index >= 15 is 0 Å². The molecule has 154 valence electrons. The van der Waals surface area contributed by atoms with Gasteiger partial charge in [0.25, 0.3) is 0 Å². The smallest absolute Gasteiger partial charge is 0.348 e. The molecule has 1 aromatic carbocycles. The molecule has 1 saturated heterocycles. The number of hydrogen-bond donors (Lipinski definition) is 1. The maximum absolute atomic E-state index is 13.3. The van der Waals surface area contributed by atoms with Gasteiger partial charge in [0.05, 0.1) is 18.4 Å². The lowest BCUT2D eigenvalue weighted by molar-refractivity contribution is -0.113. The summed E-state index contributed by atoms with van der Waals surface area (Å²) in [5, 5.41) is 3.10. The third-order valence-electron chi connectivity index (χ3n) is 5.15. The van der Waals surface area contributed by atoms with Crippen molar-refractivity contribution in [1.29, 1.82) is 0 Å². The van der Waals surface area contributed by atoms with Crippen LogP contribution in [0.5, 0.6) is 0 Å². The molecule has 6 nitrogen and oxygen atoms in total. The van der Waals surface area contributed by atoms with E-state index in [2.05, 4.69) is 10.3 Å². The molecular weight excluding hydrogens is 400 g/mol. The molecule has 4 rings (SSSR count). The number of halogens is 2. The highest BCUT2D eigenvalue weighted by Gasteiger charge is 2.25. The monoisotopic (exact) mass is 421 g/mol. The Kier molecular flexibility index (Phi) is 5.96. The lowest BCUT2D eigenvalue weighted by Crippen LogP contribution is -2.31. The molecule has 1 aliphatic heterocycles. The largest absolute Gasteiger partial charge is 0.376 e. The van der Waals surface area contributed by atoms with Gasteiger partial charge < -0.3 is 10.1 Å². The molecule has 0 bridgehead atoms. The molecule has 1 unspecified atom stereocenters. The van der Waals surface area contributed by atoms with Gasteiger partial charge in [-0.25, -0.2) is 13.6 Å². The summed E-state index contributed by atoms with van der Waals surface area (Å²) in [6, 6.07) is 3.18. The molecule has 0 saturated carbocycles. The van der Waals surface area contributed by atoms with Crippen LogP contribution in [-0.2, 0) is 28.9 Å². The number of nitrogens with one attached hydrogen (secondary N) is 1. The fourth-order valence-corrected chi connectivity index (χ4v) is 4.67. The number of anilines is 1. The summed E-state index contributed by atoms with van der Waals surface area (Å²) in [5.74, 6) is -2.35. The minimum absolute atomic E-state index is 0.0215. The Labute approximate surface area is 170 Å². The van der Waals surface area contributed by atoms with Gasteiger partial charge >= 0.3 is 5.69 Å². The number of carbonyl (C=O) groups is 1. The van der Waals surface area contributed by atoms with E-state index in [0.717, 1.165) is 62.1 Å². The van der Waals surface area contributed by atoms with E-state index in [1.807, 2.05) is 0 Å². The Morgan fingerprint density at radius 1 is 1.28 bits per heavy atom. The van der Waals surface area contributed by atoms with Gasteiger partial charge in [-0.2, -0.15) is 4.98 Å². The molecule has 2 aliphatic rings. The van der Waals surface area contributed by atoms with Gasteiger partial charge in [0.1, 0.15) is 5.03 Å². The minimum atomic E-state index is -1.02. The zero-order valence-electron chi connectivity index (χ0n) is 15.7. The van der Waals surface area contributed by atoms with Gasteiger partial charge in [-0.3, -0.25) is 9.36 Å². The maximum atomic E-state index is 13.3. The molecule has 9 heteroatoms. The Bertz CT molecular complexity index is 990. The second kappa shape index (κ2) is 8.62. The Morgan fingerprint density at radius 3 is 2.90 bits per heavy atom. The molecule has 0 radical (unpaired) electrons. The number of aromatic nitrogens is 2. The number of fused-ring (bicyclic) bond motifs is 1. The van der Waals surface area contributed by atoms with Crippen molar-refractivity contribution in [3.63, 3.8) is 0 Å². The van der Waals surface area contributed by atoms with Crippen molar-refractivity contribution in [2.45, 2.75) is 49.8 Å². The molecule has 1 amide bonds. The van der Waals surface area contributed by atoms with Crippen LogP contribution >= 0.6 is 11.8 Å². The molecule has 2 aromatic rings. The molecular formula is C20H21F2N3O3S. The SMILES string of the molecule is O=C(CSc1nc(=O)n(CC2CCCO2)c2c1CCC2)Nc1ccc(F)c(F)c1. The molecule has 1 aromatic heterocycles. The average molecular weight is 421 g/mol. The van der Waals surface area contributed by atoms with Crippen LogP contribution in [0.2, 0.25) is 0 Å². The van der Waals surface area contributed by atoms with Crippen LogP contribution in [0.25, 0.3) is 0 Å². The summed E-state index contributed by atoms with van der Waals surface area (Å²) in [6.07, 6.45) is 4.59. The van der Waals surface area contributed by atoms with Crippen molar-refractivity contribution in [2.75, 3.05) is 17.7 Å². The fourth-order valence-electron chi connectivity index (χ4n) is 3.79. The minimum Gasteiger partial charge on any atom is -0.376 e. The van der Waals surface area contributed by atoms with Gasteiger partial charge in [-0.05, 0) is 44.2 Å². The summed E-state index contributed by atoms with van der Waals surface area (Å²) in [5.41, 5.74) is 1.88. The first-order valence-corrected chi connectivity index (χ1v) is 10.6. The van der Waals surface area contributed by atoms with Crippen LogP contribution in [-0.4, -0.2) is 33.9 Å². The van der Waals surface area contributed by atoms with Gasteiger partial charge in [0.15, 0.2) is 11.6 Å². The van der Waals surface area contributed by atoms with E-state index in [1.165, 1.54) is 17.8 Å². The van der Waals surface area contributed by atoms with Crippen molar-refractivity contribution in [3.8, 4) is 0 Å². The third kappa shape index (κ3) is 4.51. The van der Waals surface area contributed by atoms with Gasteiger partial charge in [0, 0.05) is 29.6 Å². The van der Waals surface area contributed by atoms with E-state index in [4.69, 9.17) is 4.74 Å². The number of thioether (sulfide) groups is 1. The lowest BCUT2D eigenvalue weighted by Gasteiger charge is -2.17. The van der Waals surface area contributed by atoms with Gasteiger partial charge in [-0.1, -0.05) is 11.8 Å². The van der Waals surface area contributed by atoms with E-state index in [1.54, 1.807) is 4.57 Å². The molecule has 1 N–H and O–H groups in total. The predicted octanol–water partition coefficient (Wildman–Crippen LogP) is 2.92. The number of nitrogens with zero attached hydrogens (tertiary/aromatic N) is 2. The normalized spacial score (nSPS) is 18.1. The topological polar surface area (TPSA) is 73.2 Å². The number of rotatable bonds is 6. The molecule has 1 fully saturated rings. The Hall–Kier alpha value is -2.26. The first kappa shape index (κ1) is 20.0. The van der Waals surface area contributed by atoms with Crippen LogP contribution in [0.1, 0.15) is 30.5 Å². The highest BCUT2D eigenvalue weighted by molar-refractivity contribution is 8.00. The summed E-state index contributed by atoms with van der Waals surface area (Å²) >= 11 is 1.19. The van der Waals surface area contributed by atoms with Gasteiger partial charge in [-0.15, -0.1) is 0 Å². The first-order valence-electron chi connectivity index (χ1n) is 9.63. The van der Waals surface area contributed by atoms with Crippen molar-refractivity contribution in [3.05, 3.63) is 51.6 Å². The number of benzene rings is 1. The van der Waals surface area contributed by atoms with Crippen LogP contribution in [0.15, 0.2) is 28.0 Å². The standard InChI is InChI=1S/C20H21F2N3O3S/c21-15-7-6-12(9-16(15)22)23-18(26)11-29-19-14-4-1-5-17(14)25(20(27)24-19)10-13-3-2-8-28-13/h6-7,9,13H,1-5,8,10-11H2,(H,23,26). The number of amides is 1. The quantitative estimate of drug-likeness (QED) is 0.574. The molecule has 1 atom stereocenters. The van der Waals surface area contributed by atoms with E-state index in [0.29, 0.717) is 11.6 Å². The third-order valence-corrected chi connectivity index (χ3v) is 6.17. The zero-order valence-corrected chi connectivity index (χ0v) is 16.6. The number of hydrogen-bond acceptors (Lipinski definition) is 5. The van der Waals surface area contributed by atoms with Crippen molar-refractivity contribution in [1.82, 2.24) is 9.55 Å². The zero-order chi connectivity index (χ0) is 20.4. The molecule has 1 aliphatic carbocycles. The molecule has 0 spiro atoms. The summed E-state index contributed by atoms with van der Waals surface area (Å²) < 4.78 is 33.6. The van der Waals surface area contributed by atoms with Gasteiger partial charge in [0.2, 0.25) is 5.91 Å². The lowest BCUT2D eigenvalue weighted by atomic mass is 10.2. The predicted molar refractivity (Wildman–Crippen MR) is 105 cm³/mol. The second-order valence-corrected chi connectivity index (χ2v) is 8.15. The Morgan fingerprint density at radius 2 is 2.14 bits per heavy atom. The summed E-state index contributed by atoms with van der Waals surface area (Å²) in [7, 11) is 0. The molecule has 29 heavy (non-hydrogen) atoms. The molecule has 2 heterocycles. The number of carbonyl (C=O) groups excluding carboxylic acids is 1. The van der Waals surface area contributed by atoms with Crippen molar-refractivity contribution < 1.29 is 18.3 Å². The van der Waals surface area contributed by atoms with Crippen molar-refractivity contribution >= 4 is 23.4 Å². The van der Waals surface area contributed by atoms with Crippen molar-refractivity contribution in [2.24, 2.45) is 0 Å². The average Bonchev–Trinajstić information content (AvgIpc) is 3.37. The number of ether oxygens (including phenoxy) is 1. The van der Waals surface area contributed by atoms with Crippen LogP contribution < -0.4 is 11.0 Å². The van der Waals surface area contributed by atoms with Crippen LogP contribution in [0.3, 0.4) is 0 Å². The maximum Gasteiger partial charge on any atom is 0.348 e. The van der Waals surface area contributed by atoms with E-state index < -0.39 is 11.6 Å². The first-order chi connectivity index (χ1) is 14.0. The second-order valence-electron chi connectivity index (χ2n) is 7.19. The van der Waals surface area contributed by atoms with Crippen LogP contribution in [0, 0.1) is 11.6 Å². The summed E-state index contributed by atoms with van der Waals surface area (Å²) in [4.78, 5) is 29.0. The fraction of sp³-hybridized carbons (Fsp3) is 0.450. The Balaban J connectivity index is 1.45. The van der Waals surface area contributed by atoms with Crippen LogP contribution in [0.4, 0.5) is 14.5 Å². The highest BCUT2D eigenvalue weighted by Crippen LogP contribution is 2.30.